The van der Waals surface area contributed by atoms with Crippen LogP contribution in [0.3, 0.4) is 0 Å². The largest absolute Gasteiger partial charge is 0.395 e. The minimum Gasteiger partial charge on any atom is -0.395 e. The summed E-state index contributed by atoms with van der Waals surface area (Å²) in [4.78, 5) is 4.88. The summed E-state index contributed by atoms with van der Waals surface area (Å²) in [5.41, 5.74) is 1.33. The van der Waals surface area contributed by atoms with Crippen molar-refractivity contribution in [2.45, 2.75) is 38.3 Å². The SMILES string of the molecule is CN1CCCCC1CCN(CCO)Cc1ccccc1. The van der Waals surface area contributed by atoms with Crippen LogP contribution in [-0.2, 0) is 6.54 Å². The van der Waals surface area contributed by atoms with Gasteiger partial charge in [-0.2, -0.15) is 0 Å². The van der Waals surface area contributed by atoms with Crippen LogP contribution in [0.25, 0.3) is 0 Å². The van der Waals surface area contributed by atoms with Crippen molar-refractivity contribution in [3.8, 4) is 0 Å². The molecule has 1 N–H and O–H groups in total. The smallest absolute Gasteiger partial charge is 0.0558 e. The average Bonchev–Trinajstić information content (AvgIpc) is 2.47. The molecule has 0 aliphatic carbocycles. The van der Waals surface area contributed by atoms with E-state index in [0.717, 1.165) is 25.7 Å². The molecule has 1 aliphatic rings. The molecule has 1 heterocycles. The summed E-state index contributed by atoms with van der Waals surface area (Å²) in [6.07, 6.45) is 5.25. The molecule has 1 unspecified atom stereocenters. The van der Waals surface area contributed by atoms with E-state index in [9.17, 15) is 5.11 Å². The molecule has 20 heavy (non-hydrogen) atoms. The maximum Gasteiger partial charge on any atom is 0.0558 e. The molecule has 1 aliphatic heterocycles. The van der Waals surface area contributed by atoms with Gasteiger partial charge in [0.2, 0.25) is 0 Å². The molecule has 1 aromatic rings. The minimum absolute atomic E-state index is 0.243. The molecule has 1 saturated heterocycles. The van der Waals surface area contributed by atoms with Crippen LogP contribution in [0, 0.1) is 0 Å². The summed E-state index contributed by atoms with van der Waals surface area (Å²) in [5.74, 6) is 0. The Balaban J connectivity index is 1.82. The second-order valence-electron chi connectivity index (χ2n) is 5.90. The number of hydrogen-bond donors (Lipinski definition) is 1. The second kappa shape index (κ2) is 8.40. The summed E-state index contributed by atoms with van der Waals surface area (Å²) in [7, 11) is 2.25. The molecule has 2 rings (SSSR count). The molecule has 0 bridgehead atoms. The van der Waals surface area contributed by atoms with E-state index >= 15 is 0 Å². The van der Waals surface area contributed by atoms with Crippen molar-refractivity contribution in [2.75, 3.05) is 33.3 Å². The number of aliphatic hydroxyl groups is 1. The van der Waals surface area contributed by atoms with Gasteiger partial charge in [-0.1, -0.05) is 36.8 Å². The lowest BCUT2D eigenvalue weighted by molar-refractivity contribution is 0.138. The third kappa shape index (κ3) is 4.89. The Morgan fingerprint density at radius 1 is 1.20 bits per heavy atom. The minimum atomic E-state index is 0.243. The molecule has 0 radical (unpaired) electrons. The summed E-state index contributed by atoms with van der Waals surface area (Å²) in [6, 6.07) is 11.3. The highest BCUT2D eigenvalue weighted by Gasteiger charge is 2.19. The molecule has 1 aromatic carbocycles. The Morgan fingerprint density at radius 2 is 2.00 bits per heavy atom. The van der Waals surface area contributed by atoms with Crippen LogP contribution >= 0.6 is 0 Å². The molecule has 0 amide bonds. The van der Waals surface area contributed by atoms with Crippen molar-refractivity contribution < 1.29 is 5.11 Å². The van der Waals surface area contributed by atoms with Crippen LogP contribution in [0.4, 0.5) is 0 Å². The first kappa shape index (κ1) is 15.5. The number of aliphatic hydroxyl groups excluding tert-OH is 1. The van der Waals surface area contributed by atoms with E-state index in [4.69, 9.17) is 0 Å². The number of benzene rings is 1. The van der Waals surface area contributed by atoms with Gasteiger partial charge in [0.25, 0.3) is 0 Å². The van der Waals surface area contributed by atoms with E-state index < -0.39 is 0 Å². The highest BCUT2D eigenvalue weighted by Crippen LogP contribution is 2.18. The van der Waals surface area contributed by atoms with Gasteiger partial charge in [0.05, 0.1) is 6.61 Å². The Kier molecular flexibility index (Phi) is 6.51. The van der Waals surface area contributed by atoms with E-state index in [1.807, 2.05) is 0 Å². The number of piperidine rings is 1. The van der Waals surface area contributed by atoms with Gasteiger partial charge in [0, 0.05) is 25.7 Å². The maximum absolute atomic E-state index is 9.25. The topological polar surface area (TPSA) is 26.7 Å². The quantitative estimate of drug-likeness (QED) is 0.828. The van der Waals surface area contributed by atoms with E-state index in [1.54, 1.807) is 0 Å². The van der Waals surface area contributed by atoms with Crippen molar-refractivity contribution in [2.24, 2.45) is 0 Å². The lowest BCUT2D eigenvalue weighted by Gasteiger charge is -2.34. The number of hydrogen-bond acceptors (Lipinski definition) is 3. The highest BCUT2D eigenvalue weighted by atomic mass is 16.3. The van der Waals surface area contributed by atoms with Crippen LogP contribution < -0.4 is 0 Å². The first-order valence-electron chi connectivity index (χ1n) is 7.87. The van der Waals surface area contributed by atoms with E-state index in [-0.39, 0.29) is 6.61 Å². The van der Waals surface area contributed by atoms with E-state index in [1.165, 1.54) is 37.8 Å². The Labute approximate surface area is 123 Å². The standard InChI is InChI=1S/C17H28N2O/c1-18-11-6-5-9-17(18)10-12-19(13-14-20)15-16-7-3-2-4-8-16/h2-4,7-8,17,20H,5-6,9-15H2,1H3. The van der Waals surface area contributed by atoms with Crippen LogP contribution in [-0.4, -0.2) is 54.2 Å². The lowest BCUT2D eigenvalue weighted by atomic mass is 10.00. The summed E-state index contributed by atoms with van der Waals surface area (Å²) >= 11 is 0. The summed E-state index contributed by atoms with van der Waals surface area (Å²) in [6.45, 7) is 4.27. The van der Waals surface area contributed by atoms with Crippen molar-refractivity contribution in [1.82, 2.24) is 9.80 Å². The molecular weight excluding hydrogens is 248 g/mol. The fourth-order valence-electron chi connectivity index (χ4n) is 3.09. The maximum atomic E-state index is 9.25. The van der Waals surface area contributed by atoms with Gasteiger partial charge >= 0.3 is 0 Å². The Bertz CT molecular complexity index is 369. The highest BCUT2D eigenvalue weighted by molar-refractivity contribution is 5.14. The molecule has 1 fully saturated rings. The van der Waals surface area contributed by atoms with Crippen LogP contribution in [0.15, 0.2) is 30.3 Å². The zero-order chi connectivity index (χ0) is 14.2. The Hall–Kier alpha value is -0.900. The van der Waals surface area contributed by atoms with Gasteiger partial charge in [-0.25, -0.2) is 0 Å². The van der Waals surface area contributed by atoms with Crippen LogP contribution in [0.2, 0.25) is 0 Å². The van der Waals surface area contributed by atoms with Gasteiger partial charge in [-0.3, -0.25) is 4.90 Å². The molecule has 3 nitrogen and oxygen atoms in total. The van der Waals surface area contributed by atoms with E-state index in [2.05, 4.69) is 47.2 Å². The van der Waals surface area contributed by atoms with Crippen molar-refractivity contribution in [1.29, 1.82) is 0 Å². The number of likely N-dealkylation sites (tertiary alicyclic amines) is 1. The van der Waals surface area contributed by atoms with Gasteiger partial charge in [-0.15, -0.1) is 0 Å². The first-order valence-corrected chi connectivity index (χ1v) is 7.87. The molecule has 0 aromatic heterocycles. The number of rotatable bonds is 7. The van der Waals surface area contributed by atoms with Crippen molar-refractivity contribution >= 4 is 0 Å². The van der Waals surface area contributed by atoms with Gasteiger partial charge in [-0.05, 0) is 38.4 Å². The van der Waals surface area contributed by atoms with Crippen molar-refractivity contribution in [3.05, 3.63) is 35.9 Å². The monoisotopic (exact) mass is 276 g/mol. The summed E-state index contributed by atoms with van der Waals surface area (Å²) in [5, 5.41) is 9.25. The molecule has 3 heteroatoms. The second-order valence-corrected chi connectivity index (χ2v) is 5.90. The fourth-order valence-corrected chi connectivity index (χ4v) is 3.09. The summed E-state index contributed by atoms with van der Waals surface area (Å²) < 4.78 is 0. The Morgan fingerprint density at radius 3 is 2.70 bits per heavy atom. The van der Waals surface area contributed by atoms with E-state index in [0.29, 0.717) is 0 Å². The van der Waals surface area contributed by atoms with Gasteiger partial charge < -0.3 is 10.0 Å². The predicted molar refractivity (Wildman–Crippen MR) is 83.7 cm³/mol. The first-order chi connectivity index (χ1) is 9.79. The predicted octanol–water partition coefficient (Wildman–Crippen LogP) is 2.36. The fraction of sp³-hybridized carbons (Fsp3) is 0.647. The molecule has 0 spiro atoms. The molecule has 1 atom stereocenters. The third-order valence-electron chi connectivity index (χ3n) is 4.37. The lowest BCUT2D eigenvalue weighted by Crippen LogP contribution is -2.39. The van der Waals surface area contributed by atoms with Gasteiger partial charge in [0.1, 0.15) is 0 Å². The van der Waals surface area contributed by atoms with Crippen LogP contribution in [0.1, 0.15) is 31.2 Å². The normalized spacial score (nSPS) is 20.4. The molecule has 112 valence electrons. The third-order valence-corrected chi connectivity index (χ3v) is 4.37. The average molecular weight is 276 g/mol. The molecular formula is C17H28N2O. The zero-order valence-corrected chi connectivity index (χ0v) is 12.7. The van der Waals surface area contributed by atoms with Gasteiger partial charge in [0.15, 0.2) is 0 Å². The molecule has 0 saturated carbocycles. The van der Waals surface area contributed by atoms with Crippen LogP contribution in [0.5, 0.6) is 0 Å². The zero-order valence-electron chi connectivity index (χ0n) is 12.7. The number of nitrogens with zero attached hydrogens (tertiary/aromatic N) is 2. The van der Waals surface area contributed by atoms with Crippen molar-refractivity contribution in [3.63, 3.8) is 0 Å².